The molecule has 182 valence electrons. The first kappa shape index (κ1) is 22.9. The molecule has 2 N–H and O–H groups in total. The Morgan fingerprint density at radius 3 is 2.51 bits per heavy atom. The topological polar surface area (TPSA) is 93.2 Å². The zero-order valence-electron chi connectivity index (χ0n) is 18.2. The van der Waals surface area contributed by atoms with E-state index in [9.17, 15) is 26.7 Å². The molecule has 1 aromatic carbocycles. The molecule has 3 aromatic heterocycles. The monoisotopic (exact) mass is 491 g/mol. The molecule has 0 atom stereocenters. The van der Waals surface area contributed by atoms with Crippen molar-refractivity contribution in [2.75, 3.05) is 18.8 Å². The van der Waals surface area contributed by atoms with Crippen LogP contribution < -0.4 is 5.73 Å². The van der Waals surface area contributed by atoms with Gasteiger partial charge >= 0.3 is 6.18 Å². The number of hydrogen-bond acceptors (Lipinski definition) is 6. The molecular formula is C22H18F5N7O. The number of nitrogens with two attached hydrogens (primary N) is 1. The summed E-state index contributed by atoms with van der Waals surface area (Å²) in [6.07, 6.45) is -2.37. The Kier molecular flexibility index (Phi) is 5.13. The standard InChI is InChI=1S/C22H18F5N7O/c1-32-18-15-6-12(2-5-17(15)31-19(28)16(18)8-30-32)20(35)34(33-10-21(23,24)11-33)9-14-4-3-13(7-29-14)22(25,26)27/h2-8H,9-11H2,1H3,(H2,28,31). The molecule has 1 amide bonds. The number of aryl methyl sites for hydroxylation is 1. The normalized spacial score (nSPS) is 15.9. The molecule has 1 aliphatic heterocycles. The number of nitrogen functional groups attached to an aromatic ring is 1. The van der Waals surface area contributed by atoms with Gasteiger partial charge in [-0.2, -0.15) is 18.3 Å². The fourth-order valence-electron chi connectivity index (χ4n) is 4.04. The number of alkyl halides is 5. The average Bonchev–Trinajstić information content (AvgIpc) is 3.17. The number of rotatable bonds is 4. The van der Waals surface area contributed by atoms with Gasteiger partial charge in [0.05, 0.1) is 53.5 Å². The Labute approximate surface area is 194 Å². The number of hydrazine groups is 1. The largest absolute Gasteiger partial charge is 0.417 e. The number of nitrogens with zero attached hydrogens (tertiary/aromatic N) is 6. The number of pyridine rings is 2. The van der Waals surface area contributed by atoms with Gasteiger partial charge in [0.1, 0.15) is 5.82 Å². The van der Waals surface area contributed by atoms with E-state index >= 15 is 0 Å². The third-order valence-electron chi connectivity index (χ3n) is 5.82. The molecule has 0 saturated carbocycles. The smallest absolute Gasteiger partial charge is 0.383 e. The molecule has 13 heteroatoms. The van der Waals surface area contributed by atoms with E-state index in [0.29, 0.717) is 28.0 Å². The number of amides is 1. The Morgan fingerprint density at radius 2 is 1.89 bits per heavy atom. The summed E-state index contributed by atoms with van der Waals surface area (Å²) in [7, 11) is 1.71. The van der Waals surface area contributed by atoms with Crippen molar-refractivity contribution in [2.24, 2.45) is 7.05 Å². The number of benzene rings is 1. The highest BCUT2D eigenvalue weighted by molar-refractivity contribution is 6.10. The van der Waals surface area contributed by atoms with Crippen molar-refractivity contribution < 1.29 is 26.7 Å². The predicted octanol–water partition coefficient (Wildman–Crippen LogP) is 3.63. The number of anilines is 1. The van der Waals surface area contributed by atoms with E-state index in [0.717, 1.165) is 22.2 Å². The maximum Gasteiger partial charge on any atom is 0.417 e. The molecule has 35 heavy (non-hydrogen) atoms. The number of halogens is 5. The van der Waals surface area contributed by atoms with Crippen molar-refractivity contribution in [1.29, 1.82) is 0 Å². The van der Waals surface area contributed by atoms with Crippen LogP contribution in [0.2, 0.25) is 0 Å². The highest BCUT2D eigenvalue weighted by Crippen LogP contribution is 2.32. The summed E-state index contributed by atoms with van der Waals surface area (Å²) in [6.45, 7) is -1.68. The van der Waals surface area contributed by atoms with Gasteiger partial charge in [0.25, 0.3) is 11.8 Å². The van der Waals surface area contributed by atoms with E-state index in [-0.39, 0.29) is 23.6 Å². The molecule has 0 unspecified atom stereocenters. The molecule has 4 heterocycles. The van der Waals surface area contributed by atoms with Gasteiger partial charge < -0.3 is 5.73 Å². The van der Waals surface area contributed by atoms with Crippen LogP contribution >= 0.6 is 0 Å². The highest BCUT2D eigenvalue weighted by atomic mass is 19.4. The van der Waals surface area contributed by atoms with E-state index < -0.39 is 36.7 Å². The van der Waals surface area contributed by atoms with Gasteiger partial charge in [0.15, 0.2) is 0 Å². The molecule has 0 radical (unpaired) electrons. The van der Waals surface area contributed by atoms with E-state index in [4.69, 9.17) is 5.73 Å². The summed E-state index contributed by atoms with van der Waals surface area (Å²) in [5, 5.41) is 7.58. The van der Waals surface area contributed by atoms with Crippen molar-refractivity contribution in [3.05, 3.63) is 59.5 Å². The number of carbonyl (C=O) groups excluding carboxylic acids is 1. The van der Waals surface area contributed by atoms with E-state index in [1.54, 1.807) is 30.1 Å². The number of carbonyl (C=O) groups is 1. The molecule has 1 fully saturated rings. The number of aromatic nitrogens is 4. The first-order chi connectivity index (χ1) is 16.4. The van der Waals surface area contributed by atoms with Gasteiger partial charge in [-0.05, 0) is 30.3 Å². The van der Waals surface area contributed by atoms with Gasteiger partial charge in [-0.3, -0.25) is 19.5 Å². The number of fused-ring (bicyclic) bond motifs is 3. The van der Waals surface area contributed by atoms with Crippen LogP contribution in [-0.2, 0) is 19.8 Å². The molecule has 0 spiro atoms. The van der Waals surface area contributed by atoms with E-state index in [2.05, 4.69) is 15.1 Å². The van der Waals surface area contributed by atoms with Crippen molar-refractivity contribution >= 4 is 33.5 Å². The zero-order chi connectivity index (χ0) is 25.1. The first-order valence-corrected chi connectivity index (χ1v) is 10.4. The average molecular weight is 491 g/mol. The summed E-state index contributed by atoms with van der Waals surface area (Å²) in [6, 6.07) is 6.60. The Morgan fingerprint density at radius 1 is 1.14 bits per heavy atom. The minimum absolute atomic E-state index is 0.117. The van der Waals surface area contributed by atoms with Crippen molar-refractivity contribution in [3.8, 4) is 0 Å². The summed E-state index contributed by atoms with van der Waals surface area (Å²) in [4.78, 5) is 21.6. The third kappa shape index (κ3) is 4.11. The maximum atomic E-state index is 13.6. The fourth-order valence-corrected chi connectivity index (χ4v) is 4.04. The first-order valence-electron chi connectivity index (χ1n) is 10.4. The summed E-state index contributed by atoms with van der Waals surface area (Å²) in [5.41, 5.74) is 6.51. The van der Waals surface area contributed by atoms with Gasteiger partial charge in [0, 0.05) is 24.2 Å². The van der Waals surface area contributed by atoms with Crippen LogP contribution in [0.15, 0.2) is 42.7 Å². The van der Waals surface area contributed by atoms with Crippen LogP contribution in [0, 0.1) is 0 Å². The Balaban J connectivity index is 1.51. The molecular weight excluding hydrogens is 473 g/mol. The Hall–Kier alpha value is -3.87. The molecule has 0 aliphatic carbocycles. The van der Waals surface area contributed by atoms with Crippen LogP contribution in [0.4, 0.5) is 27.8 Å². The SMILES string of the molecule is Cn1ncc2c(N)nc3ccc(C(=O)N(Cc4ccc(C(F)(F)F)cn4)N4CC(F)(F)C4)cc3c21. The Bertz CT molecular complexity index is 1440. The van der Waals surface area contributed by atoms with Crippen molar-refractivity contribution in [1.82, 2.24) is 29.8 Å². The quantitative estimate of drug-likeness (QED) is 0.439. The lowest BCUT2D eigenvalue weighted by atomic mass is 10.1. The molecule has 1 aliphatic rings. The van der Waals surface area contributed by atoms with Crippen LogP contribution in [0.5, 0.6) is 0 Å². The second kappa shape index (κ2) is 7.83. The summed E-state index contributed by atoms with van der Waals surface area (Å²) < 4.78 is 67.4. The van der Waals surface area contributed by atoms with Crippen molar-refractivity contribution in [2.45, 2.75) is 18.6 Å². The minimum atomic E-state index is -4.57. The number of hydrogen-bond donors (Lipinski definition) is 1. The second-order valence-corrected chi connectivity index (χ2v) is 8.34. The van der Waals surface area contributed by atoms with Crippen LogP contribution in [0.1, 0.15) is 21.6 Å². The van der Waals surface area contributed by atoms with Crippen LogP contribution in [0.25, 0.3) is 21.8 Å². The lowest BCUT2D eigenvalue weighted by molar-refractivity contribution is -0.201. The van der Waals surface area contributed by atoms with E-state index in [1.165, 1.54) is 6.07 Å². The predicted molar refractivity (Wildman–Crippen MR) is 116 cm³/mol. The van der Waals surface area contributed by atoms with E-state index in [1.807, 2.05) is 0 Å². The zero-order valence-corrected chi connectivity index (χ0v) is 18.2. The second-order valence-electron chi connectivity index (χ2n) is 8.34. The molecule has 4 aromatic rings. The van der Waals surface area contributed by atoms with Crippen LogP contribution in [-0.4, -0.2) is 54.7 Å². The maximum absolute atomic E-state index is 13.6. The summed E-state index contributed by atoms with van der Waals surface area (Å²) in [5.74, 6) is -3.31. The van der Waals surface area contributed by atoms with Gasteiger partial charge in [-0.1, -0.05) is 0 Å². The lowest BCUT2D eigenvalue weighted by Gasteiger charge is -2.45. The lowest BCUT2D eigenvalue weighted by Crippen LogP contribution is -2.63. The molecule has 0 bridgehead atoms. The van der Waals surface area contributed by atoms with Crippen molar-refractivity contribution in [3.63, 3.8) is 0 Å². The van der Waals surface area contributed by atoms with Gasteiger partial charge in [0.2, 0.25) is 0 Å². The fraction of sp³-hybridized carbons (Fsp3) is 0.273. The minimum Gasteiger partial charge on any atom is -0.383 e. The van der Waals surface area contributed by atoms with Gasteiger partial charge in [-0.15, -0.1) is 0 Å². The highest BCUT2D eigenvalue weighted by Gasteiger charge is 2.48. The third-order valence-corrected chi connectivity index (χ3v) is 5.82. The van der Waals surface area contributed by atoms with Crippen LogP contribution in [0.3, 0.4) is 0 Å². The van der Waals surface area contributed by atoms with Gasteiger partial charge in [-0.25, -0.2) is 18.8 Å². The molecule has 8 nitrogen and oxygen atoms in total. The molecule has 5 rings (SSSR count). The summed E-state index contributed by atoms with van der Waals surface area (Å²) >= 11 is 0. The molecule has 1 saturated heterocycles.